The number of piperidine rings is 3. The van der Waals surface area contributed by atoms with Gasteiger partial charge in [-0.25, -0.2) is 9.37 Å². The van der Waals surface area contributed by atoms with Crippen molar-refractivity contribution in [1.29, 1.82) is 0 Å². The molecule has 4 heterocycles. The zero-order valence-electron chi connectivity index (χ0n) is 11.5. The number of fused-ring (bicyclic) bond motifs is 4. The summed E-state index contributed by atoms with van der Waals surface area (Å²) < 4.78 is 13.9. The number of rotatable bonds is 2. The number of thiazole rings is 1. The maximum atomic E-state index is 13.2. The summed E-state index contributed by atoms with van der Waals surface area (Å²) in [6.07, 6.45) is 2.33. The molecule has 0 aliphatic carbocycles. The van der Waals surface area contributed by atoms with E-state index in [0.29, 0.717) is 21.1 Å². The van der Waals surface area contributed by atoms with Crippen LogP contribution < -0.4 is 5.32 Å². The molecule has 0 saturated carbocycles. The van der Waals surface area contributed by atoms with Gasteiger partial charge in [-0.3, -0.25) is 4.79 Å². The van der Waals surface area contributed by atoms with E-state index in [1.54, 1.807) is 6.07 Å². The fourth-order valence-corrected chi connectivity index (χ4v) is 4.25. The Bertz CT molecular complexity index is 693. The minimum absolute atomic E-state index is 0.129. The van der Waals surface area contributed by atoms with Crippen molar-refractivity contribution in [2.75, 3.05) is 19.6 Å². The van der Waals surface area contributed by atoms with Gasteiger partial charge in [-0.1, -0.05) is 0 Å². The molecule has 2 aromatic rings. The molecule has 0 radical (unpaired) electrons. The third-order valence-corrected chi connectivity index (χ3v) is 5.53. The van der Waals surface area contributed by atoms with Crippen LogP contribution in [0.15, 0.2) is 18.2 Å². The fraction of sp³-hybridized carbons (Fsp3) is 0.467. The van der Waals surface area contributed by atoms with Crippen LogP contribution in [-0.2, 0) is 0 Å². The van der Waals surface area contributed by atoms with Crippen molar-refractivity contribution < 1.29 is 9.18 Å². The van der Waals surface area contributed by atoms with E-state index < -0.39 is 0 Å². The second-order valence-electron chi connectivity index (χ2n) is 5.85. The Kier molecular flexibility index (Phi) is 3.15. The first-order chi connectivity index (χ1) is 10.2. The molecule has 21 heavy (non-hydrogen) atoms. The molecule has 3 aliphatic rings. The molecule has 0 spiro atoms. The second kappa shape index (κ2) is 5.03. The van der Waals surface area contributed by atoms with Crippen molar-refractivity contribution in [3.63, 3.8) is 0 Å². The Balaban J connectivity index is 1.53. The molecular formula is C15H16FN3OS. The zero-order chi connectivity index (χ0) is 14.4. The molecule has 1 aromatic heterocycles. The first-order valence-electron chi connectivity index (χ1n) is 7.28. The Hall–Kier alpha value is -1.53. The van der Waals surface area contributed by atoms with Gasteiger partial charge < -0.3 is 10.2 Å². The Morgan fingerprint density at radius 2 is 2.19 bits per heavy atom. The number of hydrogen-bond acceptors (Lipinski definition) is 4. The molecule has 0 unspecified atom stereocenters. The van der Waals surface area contributed by atoms with Crippen LogP contribution >= 0.6 is 11.3 Å². The van der Waals surface area contributed by atoms with Crippen LogP contribution in [0, 0.1) is 11.7 Å². The largest absolute Gasteiger partial charge is 0.346 e. The molecule has 6 heteroatoms. The number of carbonyl (C=O) groups is 1. The highest BCUT2D eigenvalue weighted by Gasteiger charge is 2.35. The summed E-state index contributed by atoms with van der Waals surface area (Å²) in [6.45, 7) is 3.24. The highest BCUT2D eigenvalue weighted by Crippen LogP contribution is 2.28. The molecule has 1 atom stereocenters. The molecule has 1 N–H and O–H groups in total. The quantitative estimate of drug-likeness (QED) is 0.925. The number of hydrogen-bond donors (Lipinski definition) is 1. The van der Waals surface area contributed by atoms with Gasteiger partial charge in [0.2, 0.25) is 0 Å². The highest BCUT2D eigenvalue weighted by molar-refractivity contribution is 7.20. The van der Waals surface area contributed by atoms with Gasteiger partial charge in [0.05, 0.1) is 10.2 Å². The van der Waals surface area contributed by atoms with E-state index in [1.165, 1.54) is 23.5 Å². The first-order valence-corrected chi connectivity index (χ1v) is 8.10. The Labute approximate surface area is 126 Å². The van der Waals surface area contributed by atoms with Gasteiger partial charge in [-0.2, -0.15) is 0 Å². The third kappa shape index (κ3) is 2.42. The van der Waals surface area contributed by atoms with E-state index in [2.05, 4.69) is 15.2 Å². The summed E-state index contributed by atoms with van der Waals surface area (Å²) in [5.41, 5.74) is 0.681. The molecule has 1 amide bonds. The van der Waals surface area contributed by atoms with Crippen LogP contribution in [-0.4, -0.2) is 41.5 Å². The van der Waals surface area contributed by atoms with Gasteiger partial charge >= 0.3 is 0 Å². The molecule has 3 aliphatic heterocycles. The number of halogens is 1. The SMILES string of the molecule is O=C(N[C@H]1CN2CCC1CC2)c1nc2ccc(F)cc2s1. The predicted octanol–water partition coefficient (Wildman–Crippen LogP) is 2.26. The number of nitrogens with zero attached hydrogens (tertiary/aromatic N) is 2. The van der Waals surface area contributed by atoms with Crippen LogP contribution in [0.2, 0.25) is 0 Å². The fourth-order valence-electron chi connectivity index (χ4n) is 3.35. The highest BCUT2D eigenvalue weighted by atomic mass is 32.1. The molecule has 4 nitrogen and oxygen atoms in total. The van der Waals surface area contributed by atoms with Crippen molar-refractivity contribution in [2.45, 2.75) is 18.9 Å². The third-order valence-electron chi connectivity index (χ3n) is 4.52. The van der Waals surface area contributed by atoms with Crippen LogP contribution in [0.1, 0.15) is 22.6 Å². The van der Waals surface area contributed by atoms with Crippen molar-refractivity contribution in [3.05, 3.63) is 29.0 Å². The van der Waals surface area contributed by atoms with Crippen LogP contribution in [0.4, 0.5) is 4.39 Å². The molecule has 3 saturated heterocycles. The van der Waals surface area contributed by atoms with E-state index in [4.69, 9.17) is 0 Å². The van der Waals surface area contributed by atoms with Crippen LogP contribution in [0.3, 0.4) is 0 Å². The Morgan fingerprint density at radius 1 is 1.38 bits per heavy atom. The summed E-state index contributed by atoms with van der Waals surface area (Å²) in [6, 6.07) is 4.64. The zero-order valence-corrected chi connectivity index (χ0v) is 12.3. The van der Waals surface area contributed by atoms with Gasteiger partial charge in [-0.15, -0.1) is 11.3 Å². The van der Waals surface area contributed by atoms with Crippen molar-refractivity contribution in [2.24, 2.45) is 5.92 Å². The monoisotopic (exact) mass is 305 g/mol. The summed E-state index contributed by atoms with van der Waals surface area (Å²) >= 11 is 1.25. The lowest BCUT2D eigenvalue weighted by molar-refractivity contribution is 0.0620. The Morgan fingerprint density at radius 3 is 2.90 bits per heavy atom. The maximum Gasteiger partial charge on any atom is 0.280 e. The summed E-state index contributed by atoms with van der Waals surface area (Å²) in [5, 5.41) is 3.54. The molecule has 1 aromatic carbocycles. The average Bonchev–Trinajstić information content (AvgIpc) is 2.91. The van der Waals surface area contributed by atoms with Gasteiger partial charge in [0.15, 0.2) is 5.01 Å². The summed E-state index contributed by atoms with van der Waals surface area (Å²) in [5.74, 6) is 0.164. The lowest BCUT2D eigenvalue weighted by Crippen LogP contribution is -2.57. The smallest absolute Gasteiger partial charge is 0.280 e. The minimum Gasteiger partial charge on any atom is -0.346 e. The van der Waals surface area contributed by atoms with E-state index in [0.717, 1.165) is 32.5 Å². The number of carbonyl (C=O) groups excluding carboxylic acids is 1. The standard InChI is InChI=1S/C15H16FN3OS/c16-10-1-2-11-13(7-10)21-15(18-11)14(20)17-12-8-19-5-3-9(12)4-6-19/h1-2,7,9,12H,3-6,8H2,(H,17,20)/t12-/m0/s1. The molecular weight excluding hydrogens is 289 g/mol. The van der Waals surface area contributed by atoms with Gasteiger partial charge in [-0.05, 0) is 50.0 Å². The van der Waals surface area contributed by atoms with E-state index in [1.807, 2.05) is 0 Å². The van der Waals surface area contributed by atoms with Gasteiger partial charge in [0.1, 0.15) is 5.82 Å². The maximum absolute atomic E-state index is 13.2. The van der Waals surface area contributed by atoms with Crippen molar-refractivity contribution in [1.82, 2.24) is 15.2 Å². The summed E-state index contributed by atoms with van der Waals surface area (Å²) in [4.78, 5) is 19.1. The minimum atomic E-state index is -0.296. The van der Waals surface area contributed by atoms with Gasteiger partial charge in [0.25, 0.3) is 5.91 Å². The number of aromatic nitrogens is 1. The number of nitrogens with one attached hydrogen (secondary N) is 1. The van der Waals surface area contributed by atoms with Gasteiger partial charge in [0, 0.05) is 12.6 Å². The molecule has 110 valence electrons. The topological polar surface area (TPSA) is 45.2 Å². The van der Waals surface area contributed by atoms with Crippen molar-refractivity contribution in [3.8, 4) is 0 Å². The lowest BCUT2D eigenvalue weighted by atomic mass is 9.84. The lowest BCUT2D eigenvalue weighted by Gasteiger charge is -2.44. The number of amides is 1. The van der Waals surface area contributed by atoms with E-state index in [9.17, 15) is 9.18 Å². The van der Waals surface area contributed by atoms with Crippen LogP contribution in [0.5, 0.6) is 0 Å². The molecule has 3 fully saturated rings. The number of benzene rings is 1. The van der Waals surface area contributed by atoms with E-state index >= 15 is 0 Å². The van der Waals surface area contributed by atoms with E-state index in [-0.39, 0.29) is 17.8 Å². The molecule has 5 rings (SSSR count). The summed E-state index contributed by atoms with van der Waals surface area (Å²) in [7, 11) is 0. The predicted molar refractivity (Wildman–Crippen MR) is 80.0 cm³/mol. The average molecular weight is 305 g/mol. The van der Waals surface area contributed by atoms with Crippen molar-refractivity contribution >= 4 is 27.5 Å². The molecule has 2 bridgehead atoms. The normalized spacial score (nSPS) is 28.0. The van der Waals surface area contributed by atoms with Crippen LogP contribution in [0.25, 0.3) is 10.2 Å². The second-order valence-corrected chi connectivity index (χ2v) is 6.88. The first kappa shape index (κ1) is 13.2.